The second-order valence-corrected chi connectivity index (χ2v) is 23.6. The van der Waals surface area contributed by atoms with E-state index in [0.29, 0.717) is 21.5 Å². The minimum absolute atomic E-state index is 0.0168. The quantitative estimate of drug-likeness (QED) is 0.0217. The van der Waals surface area contributed by atoms with Crippen LogP contribution in [0.3, 0.4) is 0 Å². The number of aromatic hydroxyl groups is 1. The lowest BCUT2D eigenvalue weighted by molar-refractivity contribution is -0.908. The molecule has 0 bridgehead atoms. The minimum Gasteiger partial charge on any atom is -0.506 e. The van der Waals surface area contributed by atoms with Gasteiger partial charge in [-0.25, -0.2) is 4.98 Å². The van der Waals surface area contributed by atoms with E-state index in [-0.39, 0.29) is 66.3 Å². The zero-order valence-electron chi connectivity index (χ0n) is 48.7. The van der Waals surface area contributed by atoms with E-state index in [0.717, 1.165) is 11.3 Å². The van der Waals surface area contributed by atoms with Crippen LogP contribution in [0.1, 0.15) is 142 Å². The van der Waals surface area contributed by atoms with Gasteiger partial charge in [0.1, 0.15) is 34.1 Å². The van der Waals surface area contributed by atoms with Gasteiger partial charge >= 0.3 is 11.9 Å². The molecule has 1 heterocycles. The lowest BCUT2D eigenvalue weighted by Crippen LogP contribution is -2.58. The predicted octanol–water partition coefficient (Wildman–Crippen LogP) is 4.41. The van der Waals surface area contributed by atoms with Gasteiger partial charge in [-0.3, -0.25) is 47.9 Å². The highest BCUT2D eigenvalue weighted by Gasteiger charge is 2.44. The molecular weight excluding hydrogens is 1040 g/mol. The number of anilines is 1. The number of rotatable bonds is 29. The maximum absolute atomic E-state index is 14.5. The highest BCUT2D eigenvalue weighted by Crippen LogP contribution is 2.34. The number of amides is 6. The van der Waals surface area contributed by atoms with Crippen LogP contribution in [0, 0.1) is 48.4 Å². The Morgan fingerprint density at radius 2 is 1.51 bits per heavy atom. The number of nitrogens with one attached hydrogen (secondary N) is 5. The van der Waals surface area contributed by atoms with Crippen molar-refractivity contribution in [3.63, 3.8) is 0 Å². The molecule has 6 N–H and O–H groups in total. The number of ether oxygens (including phenoxy) is 2. The summed E-state index contributed by atoms with van der Waals surface area (Å²) < 4.78 is 11.9. The van der Waals surface area contributed by atoms with Gasteiger partial charge in [0, 0.05) is 56.6 Å². The average Bonchev–Trinajstić information content (AvgIpc) is 3.85. The number of nitrogens with zero attached hydrogens (tertiary/aromatic N) is 3. The number of carbonyl (C=O) groups is 10. The number of quaternary nitrogens is 1. The van der Waals surface area contributed by atoms with E-state index in [1.165, 1.54) is 31.4 Å². The normalized spacial score (nSPS) is 14.7. The van der Waals surface area contributed by atoms with Gasteiger partial charge in [0.2, 0.25) is 29.4 Å². The lowest BCUT2D eigenvalue weighted by Gasteiger charge is -2.41. The van der Waals surface area contributed by atoms with Crippen molar-refractivity contribution >= 4 is 76.0 Å². The number of Topliss-reactive ketones (excluding diaryl/α,β-unsaturated/α-hetero) is 2. The first-order chi connectivity index (χ1) is 36.5. The molecule has 0 radical (unpaired) electrons. The first-order valence-electron chi connectivity index (χ1n) is 26.2. The van der Waals surface area contributed by atoms with Crippen LogP contribution in [-0.4, -0.2) is 148 Å². The summed E-state index contributed by atoms with van der Waals surface area (Å²) in [7, 11) is 7.53. The summed E-state index contributed by atoms with van der Waals surface area (Å²) in [4.78, 5) is 137. The fourth-order valence-electron chi connectivity index (χ4n) is 8.12. The molecule has 2 aromatic rings. The van der Waals surface area contributed by atoms with E-state index in [4.69, 9.17) is 22.3 Å². The van der Waals surface area contributed by atoms with Crippen molar-refractivity contribution in [2.24, 2.45) is 23.7 Å². The highest BCUT2D eigenvalue weighted by atomic mass is 32.1. The van der Waals surface area contributed by atoms with E-state index in [1.54, 1.807) is 51.6 Å². The summed E-state index contributed by atoms with van der Waals surface area (Å²) in [5.74, 6) is -4.68. The van der Waals surface area contributed by atoms with Crippen LogP contribution in [0.4, 0.5) is 5.69 Å². The van der Waals surface area contributed by atoms with Crippen molar-refractivity contribution in [2.45, 2.75) is 163 Å². The van der Waals surface area contributed by atoms with Crippen LogP contribution in [-0.2, 0) is 59.0 Å². The van der Waals surface area contributed by atoms with E-state index < -0.39 is 113 Å². The van der Waals surface area contributed by atoms with Crippen LogP contribution in [0.5, 0.6) is 5.75 Å². The Bertz CT molecular complexity index is 2610. The Balaban J connectivity index is 2.40. The second kappa shape index (κ2) is 29.7. The monoisotopic (exact) mass is 1120 g/mol. The van der Waals surface area contributed by atoms with Crippen molar-refractivity contribution in [2.75, 3.05) is 40.1 Å². The van der Waals surface area contributed by atoms with Gasteiger partial charge in [-0.1, -0.05) is 47.1 Å². The summed E-state index contributed by atoms with van der Waals surface area (Å²) in [5.41, 5.74) is -1.15. The van der Waals surface area contributed by atoms with E-state index >= 15 is 0 Å². The number of likely N-dealkylation sites (N-methyl/N-ethyl adjacent to an activating group) is 1. The van der Waals surface area contributed by atoms with Gasteiger partial charge in [-0.15, -0.1) is 24.2 Å². The third-order valence-electron chi connectivity index (χ3n) is 13.9. The SMILES string of the molecule is C#CC(=O)CC(NC(=O)C#C)C(=O)NC(C)C(=O)NCC(=O)Nc1cc(C[C@@H](CC(C)C(=O)OC(C)(C)C)NC(=O)c2csc([C@@H](C[C@H](C(C)C)N(C)C(=O)[C@@H](CC(=O)C(C)(C)[N+](C)(C)C)[C@@H](C)CC)OC(C)=O)n2)ccc1O. The Labute approximate surface area is 469 Å². The van der Waals surface area contributed by atoms with Gasteiger partial charge in [0.25, 0.3) is 11.8 Å². The number of hydrogen-bond donors (Lipinski definition) is 6. The number of phenols is 1. The zero-order chi connectivity index (χ0) is 60.5. The molecule has 2 rings (SSSR count). The fourth-order valence-corrected chi connectivity index (χ4v) is 8.96. The van der Waals surface area contributed by atoms with E-state index in [9.17, 15) is 53.1 Å². The molecule has 6 amide bonds. The average molecular weight is 1120 g/mol. The van der Waals surface area contributed by atoms with Crippen molar-refractivity contribution < 1.29 is 67.0 Å². The molecule has 8 atom stereocenters. The molecule has 0 spiro atoms. The first kappa shape index (κ1) is 67.9. The summed E-state index contributed by atoms with van der Waals surface area (Å²) >= 11 is 1.09. The Kier molecular flexibility index (Phi) is 25.5. The molecule has 0 aliphatic heterocycles. The number of esters is 2. The standard InChI is InChI=1S/C57H82N8O13S/c1-19-33(6)40(28-47(69)57(13,14)65(16,17)18)54(75)64(15)44(32(4)5)29-46(77-36(9)66)53-63-43(31-79-53)52(74)60-38(24-34(7)55(76)78-56(10,11)12)25-37-22-23-45(68)41(26-37)61-49(71)30-58-50(72)35(8)59-51(73)42(27-39(67)20-2)62-48(70)21-3/h2-3,22-23,26,31-35,38,40,42,44,46H,19,24-25,27-30H2,1,4-18H3,(H5-,58,59,60,61,62,68,70,71,72,73,74)/p+1/t33-,34?,35?,38+,40-,42?,44+,46+/m0/s1. The molecule has 0 saturated carbocycles. The van der Waals surface area contributed by atoms with Gasteiger partial charge in [0.15, 0.2) is 17.4 Å². The van der Waals surface area contributed by atoms with Crippen LogP contribution >= 0.6 is 11.3 Å². The van der Waals surface area contributed by atoms with Crippen LogP contribution < -0.4 is 26.6 Å². The van der Waals surface area contributed by atoms with Crippen molar-refractivity contribution in [1.29, 1.82) is 0 Å². The van der Waals surface area contributed by atoms with E-state index in [2.05, 4.69) is 31.6 Å². The van der Waals surface area contributed by atoms with Crippen molar-refractivity contribution in [3.05, 3.63) is 39.8 Å². The summed E-state index contributed by atoms with van der Waals surface area (Å²) in [6.07, 6.45) is 9.59. The minimum atomic E-state index is -1.48. The fraction of sp³-hybridized carbons (Fsp3) is 0.596. The summed E-state index contributed by atoms with van der Waals surface area (Å²) in [5, 5.41) is 24.9. The maximum Gasteiger partial charge on any atom is 0.309 e. The number of terminal acetylenes is 2. The molecule has 434 valence electrons. The van der Waals surface area contributed by atoms with Gasteiger partial charge in [0.05, 0.1) is 39.3 Å². The molecule has 79 heavy (non-hydrogen) atoms. The predicted molar refractivity (Wildman–Crippen MR) is 298 cm³/mol. The van der Waals surface area contributed by atoms with Gasteiger partial charge < -0.3 is 50.5 Å². The highest BCUT2D eigenvalue weighted by molar-refractivity contribution is 7.09. The van der Waals surface area contributed by atoms with Gasteiger partial charge in [-0.05, 0) is 95.8 Å². The first-order valence-corrected chi connectivity index (χ1v) is 27.1. The number of hydrogen-bond acceptors (Lipinski definition) is 15. The Hall–Kier alpha value is -7.17. The Morgan fingerprint density at radius 1 is 0.873 bits per heavy atom. The zero-order valence-corrected chi connectivity index (χ0v) is 49.5. The second-order valence-electron chi connectivity index (χ2n) is 22.7. The topological polar surface area (TPSA) is 286 Å². The number of carbonyl (C=O) groups excluding carboxylic acids is 10. The third kappa shape index (κ3) is 21.2. The van der Waals surface area contributed by atoms with Gasteiger partial charge in [-0.2, -0.15) is 0 Å². The largest absolute Gasteiger partial charge is 0.506 e. The molecule has 0 saturated heterocycles. The molecule has 0 fully saturated rings. The molecule has 3 unspecified atom stereocenters. The molecule has 21 nitrogen and oxygen atoms in total. The Morgan fingerprint density at radius 3 is 2.05 bits per heavy atom. The van der Waals surface area contributed by atoms with Crippen LogP contribution in [0.25, 0.3) is 0 Å². The number of thiazole rings is 1. The molecule has 0 aliphatic rings. The lowest BCUT2D eigenvalue weighted by atomic mass is 9.80. The summed E-state index contributed by atoms with van der Waals surface area (Å²) in [6, 6.07) is 0.304. The summed E-state index contributed by atoms with van der Waals surface area (Å²) in [6.45, 7) is 20.4. The van der Waals surface area contributed by atoms with E-state index in [1.807, 2.05) is 68.6 Å². The molecule has 0 aliphatic carbocycles. The smallest absolute Gasteiger partial charge is 0.309 e. The third-order valence-corrected chi connectivity index (χ3v) is 14.8. The maximum atomic E-state index is 14.5. The number of benzene rings is 1. The molecule has 1 aromatic carbocycles. The molecule has 22 heteroatoms. The molecular formula is C57H83N8O13S+. The number of phenolic OH excluding ortho intramolecular Hbond substituents is 1. The number of aromatic nitrogens is 1. The molecule has 1 aromatic heterocycles. The van der Waals surface area contributed by atoms with Crippen LogP contribution in [0.15, 0.2) is 23.6 Å². The van der Waals surface area contributed by atoms with Crippen molar-refractivity contribution in [3.8, 4) is 30.4 Å². The van der Waals surface area contributed by atoms with Crippen molar-refractivity contribution in [1.82, 2.24) is 31.2 Å². The number of ketones is 2. The van der Waals surface area contributed by atoms with Crippen LogP contribution in [0.2, 0.25) is 0 Å².